The maximum atomic E-state index is 11.4. The molecule has 0 saturated carbocycles. The summed E-state index contributed by atoms with van der Waals surface area (Å²) in [4.78, 5) is 22.4. The summed E-state index contributed by atoms with van der Waals surface area (Å²) in [6.07, 6.45) is 4.22. The van der Waals surface area contributed by atoms with Crippen molar-refractivity contribution in [1.82, 2.24) is 0 Å². The highest BCUT2D eigenvalue weighted by Crippen LogP contribution is 2.32. The zero-order chi connectivity index (χ0) is 10.3. The van der Waals surface area contributed by atoms with Crippen molar-refractivity contribution in [2.45, 2.75) is 6.42 Å². The quantitative estimate of drug-likeness (QED) is 0.561. The number of aliphatic hydroxyl groups is 2. The monoisotopic (exact) mass is 192 g/mol. The molecule has 4 heteroatoms. The van der Waals surface area contributed by atoms with Gasteiger partial charge in [-0.15, -0.1) is 0 Å². The number of allylic oxidation sites excluding steroid dienone is 4. The SMILES string of the molecule is O=C1C=C(O)C2=C(O)C=CCC2C1=O. The van der Waals surface area contributed by atoms with Crippen LogP contribution >= 0.6 is 0 Å². The van der Waals surface area contributed by atoms with Crippen LogP contribution in [0.3, 0.4) is 0 Å². The van der Waals surface area contributed by atoms with Gasteiger partial charge in [-0.05, 0) is 12.5 Å². The molecule has 0 aliphatic heterocycles. The van der Waals surface area contributed by atoms with E-state index in [0.29, 0.717) is 6.42 Å². The Morgan fingerprint density at radius 2 is 2.00 bits per heavy atom. The summed E-state index contributed by atoms with van der Waals surface area (Å²) in [6, 6.07) is 0. The van der Waals surface area contributed by atoms with Crippen LogP contribution in [0.2, 0.25) is 0 Å². The van der Waals surface area contributed by atoms with Crippen LogP contribution in [0.5, 0.6) is 0 Å². The maximum Gasteiger partial charge on any atom is 0.225 e. The minimum atomic E-state index is -0.711. The molecule has 0 spiro atoms. The Kier molecular flexibility index (Phi) is 1.77. The lowest BCUT2D eigenvalue weighted by Gasteiger charge is -2.23. The smallest absolute Gasteiger partial charge is 0.225 e. The third-order valence-corrected chi connectivity index (χ3v) is 2.38. The molecule has 1 atom stereocenters. The van der Waals surface area contributed by atoms with Crippen LogP contribution in [0.4, 0.5) is 0 Å². The number of fused-ring (bicyclic) bond motifs is 1. The lowest BCUT2D eigenvalue weighted by Crippen LogP contribution is -2.31. The Hall–Kier alpha value is -1.84. The molecule has 0 amide bonds. The Morgan fingerprint density at radius 1 is 1.29 bits per heavy atom. The van der Waals surface area contributed by atoms with Crippen molar-refractivity contribution in [2.24, 2.45) is 5.92 Å². The molecule has 0 heterocycles. The van der Waals surface area contributed by atoms with Crippen LogP contribution in [0.1, 0.15) is 6.42 Å². The van der Waals surface area contributed by atoms with Gasteiger partial charge >= 0.3 is 0 Å². The molecule has 4 nitrogen and oxygen atoms in total. The number of rotatable bonds is 0. The fraction of sp³-hybridized carbons (Fsp3) is 0.200. The van der Waals surface area contributed by atoms with Gasteiger partial charge in [-0.25, -0.2) is 0 Å². The first-order chi connectivity index (χ1) is 6.61. The number of ketones is 2. The van der Waals surface area contributed by atoms with Crippen molar-refractivity contribution in [1.29, 1.82) is 0 Å². The number of carbonyl (C=O) groups is 2. The Labute approximate surface area is 79.9 Å². The summed E-state index contributed by atoms with van der Waals surface area (Å²) in [6.45, 7) is 0. The van der Waals surface area contributed by atoms with Gasteiger partial charge < -0.3 is 10.2 Å². The van der Waals surface area contributed by atoms with Gasteiger partial charge in [0.15, 0.2) is 0 Å². The van der Waals surface area contributed by atoms with Crippen molar-refractivity contribution in [3.8, 4) is 0 Å². The molecule has 0 aromatic heterocycles. The molecule has 2 rings (SSSR count). The van der Waals surface area contributed by atoms with Gasteiger partial charge in [0.05, 0.1) is 5.92 Å². The summed E-state index contributed by atoms with van der Waals surface area (Å²) in [5.74, 6) is -2.44. The molecule has 0 bridgehead atoms. The topological polar surface area (TPSA) is 74.6 Å². The highest BCUT2D eigenvalue weighted by atomic mass is 16.3. The first-order valence-corrected chi connectivity index (χ1v) is 4.20. The van der Waals surface area contributed by atoms with Crippen LogP contribution in [-0.2, 0) is 9.59 Å². The molecule has 1 unspecified atom stereocenters. The molecule has 2 aliphatic carbocycles. The van der Waals surface area contributed by atoms with Gasteiger partial charge in [-0.3, -0.25) is 9.59 Å². The highest BCUT2D eigenvalue weighted by Gasteiger charge is 2.36. The van der Waals surface area contributed by atoms with E-state index < -0.39 is 17.5 Å². The number of aliphatic hydroxyl groups excluding tert-OH is 2. The number of carbonyl (C=O) groups excluding carboxylic acids is 2. The van der Waals surface area contributed by atoms with Crippen molar-refractivity contribution in [3.05, 3.63) is 35.3 Å². The Morgan fingerprint density at radius 3 is 2.71 bits per heavy atom. The summed E-state index contributed by atoms with van der Waals surface area (Å²) >= 11 is 0. The number of hydrogen-bond donors (Lipinski definition) is 2. The van der Waals surface area contributed by atoms with E-state index in [4.69, 9.17) is 0 Å². The number of Topliss-reactive ketones (excluding diaryl/α,β-unsaturated/α-hetero) is 1. The van der Waals surface area contributed by atoms with Crippen LogP contribution < -0.4 is 0 Å². The van der Waals surface area contributed by atoms with E-state index in [1.807, 2.05) is 0 Å². The molecule has 2 aliphatic rings. The van der Waals surface area contributed by atoms with Crippen molar-refractivity contribution in [2.75, 3.05) is 0 Å². The van der Waals surface area contributed by atoms with Crippen LogP contribution in [-0.4, -0.2) is 21.8 Å². The molecule has 0 saturated heterocycles. The van der Waals surface area contributed by atoms with Crippen LogP contribution in [0.25, 0.3) is 0 Å². The normalized spacial score (nSPS) is 26.3. The molecule has 2 N–H and O–H groups in total. The molecule has 0 aromatic carbocycles. The van der Waals surface area contributed by atoms with E-state index >= 15 is 0 Å². The van der Waals surface area contributed by atoms with E-state index in [2.05, 4.69) is 0 Å². The predicted octanol–water partition coefficient (Wildman–Crippen LogP) is 0.968. The standard InChI is InChI=1S/C10H8O4/c11-6-3-1-2-5-9(6)7(12)4-8(13)10(5)14/h1,3-5,11-12H,2H2. The number of hydrogen-bond acceptors (Lipinski definition) is 4. The minimum Gasteiger partial charge on any atom is -0.508 e. The molecular formula is C10H8O4. The largest absolute Gasteiger partial charge is 0.508 e. The summed E-state index contributed by atoms with van der Waals surface area (Å²) in [7, 11) is 0. The van der Waals surface area contributed by atoms with Crippen molar-refractivity contribution < 1.29 is 19.8 Å². The summed E-state index contributed by atoms with van der Waals surface area (Å²) in [5, 5.41) is 18.8. The van der Waals surface area contributed by atoms with Gasteiger partial charge in [0, 0.05) is 11.6 Å². The maximum absolute atomic E-state index is 11.4. The zero-order valence-corrected chi connectivity index (χ0v) is 7.23. The fourth-order valence-corrected chi connectivity index (χ4v) is 1.69. The Bertz CT molecular complexity index is 412. The lowest BCUT2D eigenvalue weighted by molar-refractivity contribution is -0.136. The molecule has 0 radical (unpaired) electrons. The van der Waals surface area contributed by atoms with Gasteiger partial charge in [0.1, 0.15) is 11.5 Å². The second kappa shape index (κ2) is 2.83. The average Bonchev–Trinajstić information content (AvgIpc) is 2.14. The van der Waals surface area contributed by atoms with Crippen molar-refractivity contribution >= 4 is 11.6 Å². The zero-order valence-electron chi connectivity index (χ0n) is 7.23. The van der Waals surface area contributed by atoms with Crippen molar-refractivity contribution in [3.63, 3.8) is 0 Å². The van der Waals surface area contributed by atoms with E-state index in [9.17, 15) is 19.8 Å². The molecule has 72 valence electrons. The summed E-state index contributed by atoms with van der Waals surface area (Å²) in [5.41, 5.74) is 0.164. The van der Waals surface area contributed by atoms with Crippen LogP contribution in [0, 0.1) is 5.92 Å². The third-order valence-electron chi connectivity index (χ3n) is 2.38. The highest BCUT2D eigenvalue weighted by molar-refractivity contribution is 6.44. The first-order valence-electron chi connectivity index (χ1n) is 4.20. The van der Waals surface area contributed by atoms with E-state index in [0.717, 1.165) is 6.08 Å². The predicted molar refractivity (Wildman–Crippen MR) is 47.6 cm³/mol. The summed E-state index contributed by atoms with van der Waals surface area (Å²) < 4.78 is 0. The molecular weight excluding hydrogens is 184 g/mol. The second-order valence-corrected chi connectivity index (χ2v) is 3.25. The van der Waals surface area contributed by atoms with Gasteiger partial charge in [-0.2, -0.15) is 0 Å². The van der Waals surface area contributed by atoms with E-state index in [1.165, 1.54) is 6.08 Å². The first kappa shape index (κ1) is 8.74. The Balaban J connectivity index is 2.59. The average molecular weight is 192 g/mol. The van der Waals surface area contributed by atoms with Gasteiger partial charge in [0.25, 0.3) is 0 Å². The molecule has 0 fully saturated rings. The molecule has 0 aromatic rings. The van der Waals surface area contributed by atoms with E-state index in [1.54, 1.807) is 6.08 Å². The third kappa shape index (κ3) is 1.08. The van der Waals surface area contributed by atoms with Gasteiger partial charge in [-0.1, -0.05) is 6.08 Å². The minimum absolute atomic E-state index is 0.143. The van der Waals surface area contributed by atoms with E-state index in [-0.39, 0.29) is 17.1 Å². The van der Waals surface area contributed by atoms with Gasteiger partial charge in [0.2, 0.25) is 11.6 Å². The fourth-order valence-electron chi connectivity index (χ4n) is 1.69. The van der Waals surface area contributed by atoms with Crippen LogP contribution in [0.15, 0.2) is 35.3 Å². The molecule has 14 heavy (non-hydrogen) atoms. The lowest BCUT2D eigenvalue weighted by atomic mass is 9.80. The second-order valence-electron chi connectivity index (χ2n) is 3.25.